The van der Waals surface area contributed by atoms with Crippen LogP contribution >= 0.6 is 0 Å². The molecule has 0 radical (unpaired) electrons. The molecular formula is C26H26F6N6. The molecule has 0 unspecified atom stereocenters. The van der Waals surface area contributed by atoms with Crippen molar-refractivity contribution >= 4 is 23.0 Å². The van der Waals surface area contributed by atoms with E-state index in [1.165, 1.54) is 24.7 Å². The van der Waals surface area contributed by atoms with Crippen LogP contribution in [-0.4, -0.2) is 41.1 Å². The Kier molecular flexibility index (Phi) is 7.06. The van der Waals surface area contributed by atoms with Crippen LogP contribution in [0.4, 0.5) is 49.4 Å². The van der Waals surface area contributed by atoms with E-state index < -0.39 is 23.5 Å². The second kappa shape index (κ2) is 10.3. The van der Waals surface area contributed by atoms with E-state index in [1.54, 1.807) is 4.90 Å². The number of hydrogen-bond donors (Lipinski definition) is 1. The average Bonchev–Trinajstić information content (AvgIpc) is 3.12. The Balaban J connectivity index is 1.44. The van der Waals surface area contributed by atoms with Gasteiger partial charge in [-0.2, -0.15) is 26.3 Å². The van der Waals surface area contributed by atoms with Gasteiger partial charge in [0.05, 0.1) is 28.2 Å². The first kappa shape index (κ1) is 26.1. The van der Waals surface area contributed by atoms with E-state index in [0.29, 0.717) is 48.8 Å². The molecule has 0 aliphatic carbocycles. The maximum Gasteiger partial charge on any atom is 0.419 e. The zero-order chi connectivity index (χ0) is 26.9. The smallest absolute Gasteiger partial charge is 0.370 e. The van der Waals surface area contributed by atoms with Crippen molar-refractivity contribution in [1.82, 2.24) is 15.0 Å². The highest BCUT2D eigenvalue weighted by atomic mass is 19.4. The molecule has 2 aliphatic rings. The summed E-state index contributed by atoms with van der Waals surface area (Å²) in [6, 6.07) is 5.89. The first-order chi connectivity index (χ1) is 18.1. The molecule has 1 saturated heterocycles. The molecule has 38 heavy (non-hydrogen) atoms. The highest BCUT2D eigenvalue weighted by Crippen LogP contribution is 2.39. The molecule has 2 aromatic heterocycles. The van der Waals surface area contributed by atoms with Crippen LogP contribution in [0.15, 0.2) is 42.9 Å². The zero-order valence-electron chi connectivity index (χ0n) is 20.4. The first-order valence-electron chi connectivity index (χ1n) is 12.4. The molecule has 3 aromatic rings. The Hall–Kier alpha value is -3.57. The Labute approximate surface area is 215 Å². The molecule has 0 bridgehead atoms. The van der Waals surface area contributed by atoms with Crippen LogP contribution in [0.1, 0.15) is 41.6 Å². The van der Waals surface area contributed by atoms with Gasteiger partial charge < -0.3 is 15.1 Å². The lowest BCUT2D eigenvalue weighted by atomic mass is 10.1. The number of halogens is 6. The van der Waals surface area contributed by atoms with Crippen LogP contribution in [0.3, 0.4) is 0 Å². The molecule has 0 saturated carbocycles. The van der Waals surface area contributed by atoms with Gasteiger partial charge in [-0.05, 0) is 56.0 Å². The molecule has 1 aromatic carbocycles. The van der Waals surface area contributed by atoms with Crippen LogP contribution in [0.2, 0.25) is 0 Å². The van der Waals surface area contributed by atoms with Gasteiger partial charge in [-0.15, -0.1) is 0 Å². The monoisotopic (exact) mass is 536 g/mol. The van der Waals surface area contributed by atoms with Gasteiger partial charge in [0, 0.05) is 44.4 Å². The van der Waals surface area contributed by atoms with E-state index in [2.05, 4.69) is 20.3 Å². The molecule has 2 aliphatic heterocycles. The molecule has 0 atom stereocenters. The summed E-state index contributed by atoms with van der Waals surface area (Å²) >= 11 is 0. The van der Waals surface area contributed by atoms with Crippen molar-refractivity contribution < 1.29 is 26.3 Å². The van der Waals surface area contributed by atoms with E-state index in [9.17, 15) is 26.3 Å². The Morgan fingerprint density at radius 1 is 0.763 bits per heavy atom. The van der Waals surface area contributed by atoms with Crippen molar-refractivity contribution in [3.63, 3.8) is 0 Å². The number of pyridine rings is 1. The zero-order valence-corrected chi connectivity index (χ0v) is 20.4. The molecule has 4 heterocycles. The fourth-order valence-corrected chi connectivity index (χ4v) is 5.05. The molecule has 202 valence electrons. The second-order valence-corrected chi connectivity index (χ2v) is 9.41. The third kappa shape index (κ3) is 5.48. The van der Waals surface area contributed by atoms with Crippen LogP contribution in [0.5, 0.6) is 0 Å². The average molecular weight is 537 g/mol. The minimum Gasteiger partial charge on any atom is -0.370 e. The SMILES string of the molecule is FC(F)(F)c1ccc(Nc2ncnc3c2CCN(c2ncccc2C(F)(F)F)CC3)c(N2CCCCC2)c1. The standard InChI is InChI=1S/C26H26F6N6/c27-25(28,29)17-6-7-21(22(15-17)37-11-2-1-3-12-37)36-23-18-8-13-38(14-9-20(18)34-16-35-23)24-19(26(30,31)32)5-4-10-33-24/h4-7,10,15-16H,1-3,8-9,11-14H2,(H,34,35,36). The topological polar surface area (TPSA) is 57.2 Å². The predicted octanol–water partition coefficient (Wildman–Crippen LogP) is 6.25. The molecule has 6 nitrogen and oxygen atoms in total. The second-order valence-electron chi connectivity index (χ2n) is 9.41. The number of fused-ring (bicyclic) bond motifs is 1. The summed E-state index contributed by atoms with van der Waals surface area (Å²) in [6.45, 7) is 1.83. The number of piperidine rings is 1. The lowest BCUT2D eigenvalue weighted by Gasteiger charge is -2.31. The third-order valence-electron chi connectivity index (χ3n) is 6.95. The van der Waals surface area contributed by atoms with Crippen LogP contribution < -0.4 is 15.1 Å². The molecule has 0 spiro atoms. The van der Waals surface area contributed by atoms with Crippen molar-refractivity contribution in [1.29, 1.82) is 0 Å². The van der Waals surface area contributed by atoms with Crippen LogP contribution in [-0.2, 0) is 25.2 Å². The Morgan fingerprint density at radius 2 is 1.53 bits per heavy atom. The first-order valence-corrected chi connectivity index (χ1v) is 12.4. The van der Waals surface area contributed by atoms with Crippen molar-refractivity contribution in [2.75, 3.05) is 41.3 Å². The molecule has 1 N–H and O–H groups in total. The molecule has 0 amide bonds. The van der Waals surface area contributed by atoms with Gasteiger partial charge in [-0.3, -0.25) is 0 Å². The van der Waals surface area contributed by atoms with E-state index in [-0.39, 0.29) is 18.9 Å². The maximum absolute atomic E-state index is 13.6. The summed E-state index contributed by atoms with van der Waals surface area (Å²) in [5.74, 6) is 0.303. The quantitative estimate of drug-likeness (QED) is 0.398. The van der Waals surface area contributed by atoms with E-state index >= 15 is 0 Å². The number of aromatic nitrogens is 3. The Bertz CT molecular complexity index is 1290. The van der Waals surface area contributed by atoms with Crippen molar-refractivity contribution in [3.8, 4) is 0 Å². The summed E-state index contributed by atoms with van der Waals surface area (Å²) in [6.07, 6.45) is -2.80. The molecule has 1 fully saturated rings. The van der Waals surface area contributed by atoms with E-state index in [1.807, 2.05) is 4.90 Å². The number of rotatable bonds is 4. The van der Waals surface area contributed by atoms with Gasteiger partial charge >= 0.3 is 12.4 Å². The fourth-order valence-electron chi connectivity index (χ4n) is 5.05. The number of nitrogens with zero attached hydrogens (tertiary/aromatic N) is 5. The predicted molar refractivity (Wildman–Crippen MR) is 132 cm³/mol. The third-order valence-corrected chi connectivity index (χ3v) is 6.95. The summed E-state index contributed by atoms with van der Waals surface area (Å²) in [4.78, 5) is 16.3. The lowest BCUT2D eigenvalue weighted by Crippen LogP contribution is -2.30. The number of alkyl halides is 6. The summed E-state index contributed by atoms with van der Waals surface area (Å²) in [7, 11) is 0. The summed E-state index contributed by atoms with van der Waals surface area (Å²) < 4.78 is 81.3. The van der Waals surface area contributed by atoms with Crippen LogP contribution in [0, 0.1) is 0 Å². The molecule has 12 heteroatoms. The minimum atomic E-state index is -4.54. The fraction of sp³-hybridized carbons (Fsp3) is 0.423. The number of anilines is 4. The minimum absolute atomic E-state index is 0.134. The summed E-state index contributed by atoms with van der Waals surface area (Å²) in [5.41, 5.74) is 0.823. The molecule has 5 rings (SSSR count). The van der Waals surface area contributed by atoms with Gasteiger partial charge in [0.25, 0.3) is 0 Å². The van der Waals surface area contributed by atoms with Crippen LogP contribution in [0.25, 0.3) is 0 Å². The number of hydrogen-bond acceptors (Lipinski definition) is 6. The van der Waals surface area contributed by atoms with Gasteiger partial charge in [0.2, 0.25) is 0 Å². The number of benzene rings is 1. The normalized spacial score (nSPS) is 16.7. The number of nitrogens with one attached hydrogen (secondary N) is 1. The lowest BCUT2D eigenvalue weighted by molar-refractivity contribution is -0.138. The largest absolute Gasteiger partial charge is 0.419 e. The maximum atomic E-state index is 13.6. The van der Waals surface area contributed by atoms with Gasteiger partial charge in [0.1, 0.15) is 18.0 Å². The van der Waals surface area contributed by atoms with Crippen molar-refractivity contribution in [2.24, 2.45) is 0 Å². The highest BCUT2D eigenvalue weighted by molar-refractivity contribution is 5.76. The van der Waals surface area contributed by atoms with Crippen molar-refractivity contribution in [3.05, 3.63) is 65.2 Å². The van der Waals surface area contributed by atoms with E-state index in [4.69, 9.17) is 0 Å². The van der Waals surface area contributed by atoms with E-state index in [0.717, 1.165) is 43.0 Å². The van der Waals surface area contributed by atoms with Gasteiger partial charge in [-0.25, -0.2) is 15.0 Å². The Morgan fingerprint density at radius 3 is 2.26 bits per heavy atom. The molecular weight excluding hydrogens is 510 g/mol. The van der Waals surface area contributed by atoms with Gasteiger partial charge in [0.15, 0.2) is 0 Å². The summed E-state index contributed by atoms with van der Waals surface area (Å²) in [5, 5.41) is 3.22. The van der Waals surface area contributed by atoms with Gasteiger partial charge in [-0.1, -0.05) is 0 Å². The highest BCUT2D eigenvalue weighted by Gasteiger charge is 2.36. The van der Waals surface area contributed by atoms with Crippen molar-refractivity contribution in [2.45, 2.75) is 44.5 Å².